The van der Waals surface area contributed by atoms with Gasteiger partial charge in [-0.2, -0.15) is 0 Å². The first-order valence-electron chi connectivity index (χ1n) is 2.83. The fourth-order valence-corrected chi connectivity index (χ4v) is 1.93. The molecule has 0 unspecified atom stereocenters. The van der Waals surface area contributed by atoms with Crippen molar-refractivity contribution in [2.45, 2.75) is 0 Å². The maximum atomic E-state index is 12.9. The molecule has 0 saturated heterocycles. The molecule has 1 aromatic carbocycles. The Morgan fingerprint density at radius 1 is 1.55 bits per heavy atom. The normalized spacial score (nSPS) is 9.82. The van der Waals surface area contributed by atoms with Gasteiger partial charge in [0.05, 0.1) is 10.7 Å². The fourth-order valence-electron chi connectivity index (χ4n) is 0.724. The van der Waals surface area contributed by atoms with Crippen molar-refractivity contribution >= 4 is 34.2 Å². The molecule has 0 bridgehead atoms. The van der Waals surface area contributed by atoms with Crippen LogP contribution in [0, 0.1) is 9.39 Å². The number of ether oxygens (including phenoxy) is 1. The highest BCUT2D eigenvalue weighted by molar-refractivity contribution is 14.1. The molecule has 0 atom stereocenters. The predicted octanol–water partition coefficient (Wildman–Crippen LogP) is 3.09. The second-order valence-electron chi connectivity index (χ2n) is 1.90. The van der Waals surface area contributed by atoms with Gasteiger partial charge in [0.15, 0.2) is 11.6 Å². The third-order valence-corrected chi connectivity index (χ3v) is 2.19. The number of rotatable bonds is 1. The third kappa shape index (κ3) is 1.96. The van der Waals surface area contributed by atoms with E-state index in [0.29, 0.717) is 8.59 Å². The van der Waals surface area contributed by atoms with Crippen LogP contribution in [-0.4, -0.2) is 7.11 Å². The molecule has 1 nitrogen and oxygen atoms in total. The van der Waals surface area contributed by atoms with E-state index in [1.165, 1.54) is 13.2 Å². The van der Waals surface area contributed by atoms with Crippen LogP contribution < -0.4 is 4.74 Å². The van der Waals surface area contributed by atoms with Crippen molar-refractivity contribution in [2.75, 3.05) is 7.11 Å². The van der Waals surface area contributed by atoms with Crippen LogP contribution in [0.4, 0.5) is 4.39 Å². The summed E-state index contributed by atoms with van der Waals surface area (Å²) in [4.78, 5) is 0. The Morgan fingerprint density at radius 2 is 2.18 bits per heavy atom. The molecule has 0 radical (unpaired) electrons. The molecule has 0 aromatic heterocycles. The minimum Gasteiger partial charge on any atom is -0.493 e. The van der Waals surface area contributed by atoms with Crippen molar-refractivity contribution < 1.29 is 9.13 Å². The number of hydrogen-bond donors (Lipinski definition) is 0. The van der Waals surface area contributed by atoms with E-state index in [9.17, 15) is 4.39 Å². The zero-order valence-electron chi connectivity index (χ0n) is 5.70. The molecule has 0 N–H and O–H groups in total. The molecule has 0 amide bonds. The van der Waals surface area contributed by atoms with Crippen LogP contribution in [0.15, 0.2) is 12.1 Å². The van der Waals surface area contributed by atoms with Crippen LogP contribution in [0.1, 0.15) is 0 Å². The molecular formula is C7H5ClFIO. The minimum absolute atomic E-state index is 0.245. The van der Waals surface area contributed by atoms with Gasteiger partial charge in [-0.25, -0.2) is 4.39 Å². The van der Waals surface area contributed by atoms with Crippen LogP contribution in [-0.2, 0) is 0 Å². The number of methoxy groups -OCH3 is 1. The highest BCUT2D eigenvalue weighted by Crippen LogP contribution is 2.27. The molecule has 0 saturated carbocycles. The van der Waals surface area contributed by atoms with E-state index in [1.54, 1.807) is 6.07 Å². The summed E-state index contributed by atoms with van der Waals surface area (Å²) in [7, 11) is 1.43. The Morgan fingerprint density at radius 3 is 2.64 bits per heavy atom. The summed E-state index contributed by atoms with van der Waals surface area (Å²) < 4.78 is 18.4. The molecule has 0 heterocycles. The van der Waals surface area contributed by atoms with Gasteiger partial charge in [0.25, 0.3) is 0 Å². The highest BCUT2D eigenvalue weighted by atomic mass is 127. The molecule has 60 valence electrons. The molecule has 11 heavy (non-hydrogen) atoms. The largest absolute Gasteiger partial charge is 0.493 e. The minimum atomic E-state index is -0.426. The van der Waals surface area contributed by atoms with E-state index in [2.05, 4.69) is 0 Å². The maximum absolute atomic E-state index is 12.9. The Labute approximate surface area is 82.6 Å². The average molecular weight is 286 g/mol. The van der Waals surface area contributed by atoms with Crippen molar-refractivity contribution in [3.8, 4) is 5.75 Å². The van der Waals surface area contributed by atoms with E-state index in [4.69, 9.17) is 16.3 Å². The molecule has 0 aliphatic heterocycles. The summed E-state index contributed by atoms with van der Waals surface area (Å²) in [6, 6.07) is 2.87. The lowest BCUT2D eigenvalue weighted by molar-refractivity contribution is 0.383. The lowest BCUT2D eigenvalue weighted by Crippen LogP contribution is -1.90. The van der Waals surface area contributed by atoms with Crippen molar-refractivity contribution in [3.05, 3.63) is 26.5 Å². The third-order valence-electron chi connectivity index (χ3n) is 1.17. The first-order chi connectivity index (χ1) is 5.15. The first kappa shape index (κ1) is 9.06. The van der Waals surface area contributed by atoms with Crippen LogP contribution in [0.3, 0.4) is 0 Å². The van der Waals surface area contributed by atoms with Crippen LogP contribution in [0.5, 0.6) is 5.75 Å². The summed E-state index contributed by atoms with van der Waals surface area (Å²) in [5.74, 6) is -0.181. The SMILES string of the molecule is COc1c(F)cc(Cl)cc1I. The van der Waals surface area contributed by atoms with Crippen LogP contribution >= 0.6 is 34.2 Å². The average Bonchev–Trinajstić information content (AvgIpc) is 1.85. The maximum Gasteiger partial charge on any atom is 0.167 e. The fraction of sp³-hybridized carbons (Fsp3) is 0.143. The molecule has 0 aliphatic carbocycles. The molecule has 0 spiro atoms. The van der Waals surface area contributed by atoms with Crippen LogP contribution in [0.2, 0.25) is 5.02 Å². The highest BCUT2D eigenvalue weighted by Gasteiger charge is 2.07. The molecule has 0 aliphatic rings. The van der Waals surface area contributed by atoms with E-state index in [-0.39, 0.29) is 5.75 Å². The van der Waals surface area contributed by atoms with Gasteiger partial charge in [0, 0.05) is 5.02 Å². The zero-order chi connectivity index (χ0) is 8.43. The van der Waals surface area contributed by atoms with E-state index >= 15 is 0 Å². The predicted molar refractivity (Wildman–Crippen MR) is 50.7 cm³/mol. The zero-order valence-corrected chi connectivity index (χ0v) is 8.61. The Hall–Kier alpha value is -0.0300. The molecule has 1 aromatic rings. The van der Waals surface area contributed by atoms with Gasteiger partial charge in [-0.1, -0.05) is 11.6 Å². The topological polar surface area (TPSA) is 9.23 Å². The van der Waals surface area contributed by atoms with Crippen molar-refractivity contribution in [2.24, 2.45) is 0 Å². The van der Waals surface area contributed by atoms with E-state index in [0.717, 1.165) is 0 Å². The summed E-state index contributed by atoms with van der Waals surface area (Å²) in [5, 5.41) is 0.382. The summed E-state index contributed by atoms with van der Waals surface area (Å²) >= 11 is 7.54. The Balaban J connectivity index is 3.25. The molecule has 4 heteroatoms. The monoisotopic (exact) mass is 286 g/mol. The Kier molecular flexibility index (Phi) is 2.95. The van der Waals surface area contributed by atoms with Gasteiger partial charge in [0.2, 0.25) is 0 Å². The van der Waals surface area contributed by atoms with Gasteiger partial charge >= 0.3 is 0 Å². The molecule has 0 fully saturated rings. The van der Waals surface area contributed by atoms with Crippen LogP contribution in [0.25, 0.3) is 0 Å². The lowest BCUT2D eigenvalue weighted by atomic mass is 10.3. The second kappa shape index (κ2) is 3.58. The lowest BCUT2D eigenvalue weighted by Gasteiger charge is -2.03. The molecule has 1 rings (SSSR count). The van der Waals surface area contributed by atoms with E-state index < -0.39 is 5.82 Å². The van der Waals surface area contributed by atoms with Gasteiger partial charge in [-0.3, -0.25) is 0 Å². The second-order valence-corrected chi connectivity index (χ2v) is 3.50. The standard InChI is InChI=1S/C7H5ClFIO/c1-11-7-5(9)2-4(8)3-6(7)10/h2-3H,1H3. The smallest absolute Gasteiger partial charge is 0.167 e. The van der Waals surface area contributed by atoms with Crippen molar-refractivity contribution in [3.63, 3.8) is 0 Å². The molecular weight excluding hydrogens is 281 g/mol. The van der Waals surface area contributed by atoms with E-state index in [1.807, 2.05) is 22.6 Å². The number of benzene rings is 1. The Bertz CT molecular complexity index is 254. The van der Waals surface area contributed by atoms with Gasteiger partial charge < -0.3 is 4.74 Å². The quantitative estimate of drug-likeness (QED) is 0.721. The number of hydrogen-bond acceptors (Lipinski definition) is 1. The van der Waals surface area contributed by atoms with Gasteiger partial charge in [-0.05, 0) is 34.7 Å². The van der Waals surface area contributed by atoms with Crippen molar-refractivity contribution in [1.29, 1.82) is 0 Å². The summed E-state index contributed by atoms with van der Waals surface area (Å²) in [6.45, 7) is 0. The van der Waals surface area contributed by atoms with Crippen molar-refractivity contribution in [1.82, 2.24) is 0 Å². The summed E-state index contributed by atoms with van der Waals surface area (Å²) in [6.07, 6.45) is 0. The van der Waals surface area contributed by atoms with Gasteiger partial charge in [0.1, 0.15) is 0 Å². The summed E-state index contributed by atoms with van der Waals surface area (Å²) in [5.41, 5.74) is 0. The van der Waals surface area contributed by atoms with Gasteiger partial charge in [-0.15, -0.1) is 0 Å². The number of halogens is 3. The first-order valence-corrected chi connectivity index (χ1v) is 4.29.